The number of rotatable bonds is 3. The summed E-state index contributed by atoms with van der Waals surface area (Å²) in [7, 11) is 0. The maximum Gasteiger partial charge on any atom is 0.195 e. The highest BCUT2D eigenvalue weighted by molar-refractivity contribution is 7.99. The first-order valence-corrected chi connectivity index (χ1v) is 4.93. The van der Waals surface area contributed by atoms with E-state index in [1.54, 1.807) is 18.2 Å². The molecule has 0 bridgehead atoms. The summed E-state index contributed by atoms with van der Waals surface area (Å²) >= 11 is 1.47. The van der Waals surface area contributed by atoms with Gasteiger partial charge in [0.2, 0.25) is 0 Å². The van der Waals surface area contributed by atoms with Crippen LogP contribution in [0.1, 0.15) is 0 Å². The standard InChI is InChI=1S/C10H8N2OS/c1-11-9-4-3-8(14-6-5-13)7-10(9)12-2/h3-4,7,13H,5-6H2. The molecule has 1 aromatic rings. The molecule has 3 nitrogen and oxygen atoms in total. The topological polar surface area (TPSA) is 28.9 Å². The van der Waals surface area contributed by atoms with Gasteiger partial charge in [-0.25, -0.2) is 0 Å². The quantitative estimate of drug-likeness (QED) is 0.606. The molecule has 1 N–H and O–H groups in total. The summed E-state index contributed by atoms with van der Waals surface area (Å²) < 4.78 is 0. The van der Waals surface area contributed by atoms with Gasteiger partial charge < -0.3 is 5.11 Å². The number of thioether (sulfide) groups is 1. The molecule has 0 spiro atoms. The van der Waals surface area contributed by atoms with E-state index in [2.05, 4.69) is 9.69 Å². The summed E-state index contributed by atoms with van der Waals surface area (Å²) in [6.45, 7) is 13.8. The molecule has 0 heterocycles. The SMILES string of the molecule is [C-]#[N+]c1ccc(SCCO)cc1[N+]#[C-]. The molecule has 14 heavy (non-hydrogen) atoms. The van der Waals surface area contributed by atoms with Crippen LogP contribution in [0, 0.1) is 13.1 Å². The lowest BCUT2D eigenvalue weighted by Crippen LogP contribution is -1.84. The molecule has 1 rings (SSSR count). The molecule has 4 heteroatoms. The minimum Gasteiger partial charge on any atom is -0.396 e. The van der Waals surface area contributed by atoms with E-state index in [-0.39, 0.29) is 6.61 Å². The van der Waals surface area contributed by atoms with Gasteiger partial charge in [-0.05, 0) is 4.90 Å². The molecule has 0 fully saturated rings. The second-order valence-electron chi connectivity index (χ2n) is 2.45. The summed E-state index contributed by atoms with van der Waals surface area (Å²) in [5.41, 5.74) is 0.760. The van der Waals surface area contributed by atoms with E-state index >= 15 is 0 Å². The Morgan fingerprint density at radius 1 is 1.21 bits per heavy atom. The van der Waals surface area contributed by atoms with Crippen LogP contribution in [0.2, 0.25) is 0 Å². The fourth-order valence-corrected chi connectivity index (χ4v) is 1.63. The molecule has 0 aliphatic heterocycles. The van der Waals surface area contributed by atoms with Crippen molar-refractivity contribution in [2.75, 3.05) is 12.4 Å². The van der Waals surface area contributed by atoms with Crippen LogP contribution in [0.5, 0.6) is 0 Å². The zero-order chi connectivity index (χ0) is 10.4. The van der Waals surface area contributed by atoms with E-state index in [1.165, 1.54) is 11.8 Å². The third-order valence-electron chi connectivity index (χ3n) is 1.55. The van der Waals surface area contributed by atoms with E-state index in [0.717, 1.165) is 4.90 Å². The largest absolute Gasteiger partial charge is 0.396 e. The molecule has 0 radical (unpaired) electrons. The summed E-state index contributed by atoms with van der Waals surface area (Å²) in [5, 5.41) is 8.63. The highest BCUT2D eigenvalue weighted by Gasteiger charge is 2.03. The second-order valence-corrected chi connectivity index (χ2v) is 3.61. The monoisotopic (exact) mass is 204 g/mol. The molecule has 0 aromatic heterocycles. The van der Waals surface area contributed by atoms with Crippen molar-refractivity contribution < 1.29 is 5.11 Å². The van der Waals surface area contributed by atoms with Gasteiger partial charge in [0.05, 0.1) is 19.8 Å². The lowest BCUT2D eigenvalue weighted by Gasteiger charge is -2.00. The van der Waals surface area contributed by atoms with Gasteiger partial charge in [-0.15, -0.1) is 11.8 Å². The number of aliphatic hydroxyl groups excluding tert-OH is 1. The average Bonchev–Trinajstić information content (AvgIpc) is 2.25. The van der Waals surface area contributed by atoms with Crippen molar-refractivity contribution >= 4 is 23.1 Å². The van der Waals surface area contributed by atoms with Gasteiger partial charge in [0, 0.05) is 5.75 Å². The normalized spacial score (nSPS) is 9.07. The third kappa shape index (κ3) is 2.50. The summed E-state index contributed by atoms with van der Waals surface area (Å²) in [4.78, 5) is 7.43. The van der Waals surface area contributed by atoms with Crippen LogP contribution in [0.3, 0.4) is 0 Å². The minimum absolute atomic E-state index is 0.114. The maximum absolute atomic E-state index is 8.63. The Hall–Kier alpha value is -1.49. The van der Waals surface area contributed by atoms with Crippen LogP contribution in [0.25, 0.3) is 9.69 Å². The van der Waals surface area contributed by atoms with E-state index in [4.69, 9.17) is 18.3 Å². The van der Waals surface area contributed by atoms with Crippen molar-refractivity contribution in [3.63, 3.8) is 0 Å². The van der Waals surface area contributed by atoms with Gasteiger partial charge in [-0.2, -0.15) is 0 Å². The van der Waals surface area contributed by atoms with Crippen molar-refractivity contribution in [3.05, 3.63) is 41.0 Å². The summed E-state index contributed by atoms with van der Waals surface area (Å²) in [6, 6.07) is 5.11. The fraction of sp³-hybridized carbons (Fsp3) is 0.200. The van der Waals surface area contributed by atoms with Crippen LogP contribution in [0.4, 0.5) is 11.4 Å². The maximum atomic E-state index is 8.63. The molecular weight excluding hydrogens is 196 g/mol. The number of hydrogen-bond donors (Lipinski definition) is 1. The lowest BCUT2D eigenvalue weighted by molar-refractivity contribution is 0.322. The molecule has 0 amide bonds. The molecule has 0 aliphatic rings. The zero-order valence-corrected chi connectivity index (χ0v) is 8.21. The molecule has 0 saturated carbocycles. The molecule has 0 saturated heterocycles. The van der Waals surface area contributed by atoms with Gasteiger partial charge in [0.1, 0.15) is 0 Å². The first-order chi connectivity index (χ1) is 6.81. The van der Waals surface area contributed by atoms with Gasteiger partial charge in [0.15, 0.2) is 11.4 Å². The zero-order valence-electron chi connectivity index (χ0n) is 7.40. The predicted molar refractivity (Wildman–Crippen MR) is 56.8 cm³/mol. The van der Waals surface area contributed by atoms with Gasteiger partial charge in [-0.3, -0.25) is 9.69 Å². The average molecular weight is 204 g/mol. The summed E-state index contributed by atoms with van der Waals surface area (Å²) in [5.74, 6) is 0.606. The van der Waals surface area contributed by atoms with E-state index in [0.29, 0.717) is 17.1 Å². The van der Waals surface area contributed by atoms with Crippen molar-refractivity contribution in [2.24, 2.45) is 0 Å². The van der Waals surface area contributed by atoms with Crippen molar-refractivity contribution in [3.8, 4) is 0 Å². The number of benzene rings is 1. The highest BCUT2D eigenvalue weighted by Crippen LogP contribution is 2.32. The van der Waals surface area contributed by atoms with Crippen LogP contribution < -0.4 is 0 Å². The van der Waals surface area contributed by atoms with Gasteiger partial charge in [-0.1, -0.05) is 18.2 Å². The molecule has 0 unspecified atom stereocenters. The van der Waals surface area contributed by atoms with Gasteiger partial charge in [0.25, 0.3) is 0 Å². The highest BCUT2D eigenvalue weighted by atomic mass is 32.2. The number of nitrogens with zero attached hydrogens (tertiary/aromatic N) is 2. The number of aliphatic hydroxyl groups is 1. The minimum atomic E-state index is 0.114. The Morgan fingerprint density at radius 2 is 1.93 bits per heavy atom. The first-order valence-electron chi connectivity index (χ1n) is 3.94. The van der Waals surface area contributed by atoms with E-state index < -0.39 is 0 Å². The van der Waals surface area contributed by atoms with Crippen molar-refractivity contribution in [2.45, 2.75) is 4.90 Å². The third-order valence-corrected chi connectivity index (χ3v) is 2.52. The molecule has 0 atom stereocenters. The van der Waals surface area contributed by atoms with Crippen LogP contribution in [0.15, 0.2) is 23.1 Å². The fourth-order valence-electron chi connectivity index (χ4n) is 0.941. The lowest BCUT2D eigenvalue weighted by atomic mass is 10.3. The Kier molecular flexibility index (Phi) is 4.00. The van der Waals surface area contributed by atoms with Crippen molar-refractivity contribution in [1.29, 1.82) is 0 Å². The Balaban J connectivity index is 2.93. The molecule has 70 valence electrons. The van der Waals surface area contributed by atoms with Crippen molar-refractivity contribution in [1.82, 2.24) is 0 Å². The molecule has 0 aliphatic carbocycles. The first kappa shape index (κ1) is 10.6. The predicted octanol–water partition coefficient (Wildman–Crippen LogP) is 2.87. The Morgan fingerprint density at radius 3 is 2.50 bits per heavy atom. The number of hydrogen-bond acceptors (Lipinski definition) is 2. The Bertz CT molecular complexity index is 404. The van der Waals surface area contributed by atoms with Crippen LogP contribution >= 0.6 is 11.8 Å². The molecule has 1 aromatic carbocycles. The van der Waals surface area contributed by atoms with Gasteiger partial charge >= 0.3 is 0 Å². The van der Waals surface area contributed by atoms with E-state index in [9.17, 15) is 0 Å². The second kappa shape index (κ2) is 5.29. The summed E-state index contributed by atoms with van der Waals surface area (Å²) in [6.07, 6.45) is 0. The Labute approximate surface area is 87.0 Å². The molecular formula is C10H8N2OS. The van der Waals surface area contributed by atoms with Crippen LogP contribution in [-0.4, -0.2) is 17.5 Å². The van der Waals surface area contributed by atoms with Crippen LogP contribution in [-0.2, 0) is 0 Å². The smallest absolute Gasteiger partial charge is 0.195 e. The van der Waals surface area contributed by atoms with E-state index in [1.807, 2.05) is 0 Å².